The van der Waals surface area contributed by atoms with Gasteiger partial charge in [0.15, 0.2) is 5.78 Å². The zero-order chi connectivity index (χ0) is 28.8. The molecule has 40 heavy (non-hydrogen) atoms. The number of carbonyl (C=O) groups excluding carboxylic acids is 1. The van der Waals surface area contributed by atoms with E-state index in [1.54, 1.807) is 0 Å². The molecule has 2 heteroatoms. The first-order chi connectivity index (χ1) is 18.7. The zero-order valence-electron chi connectivity index (χ0n) is 26.4. The SMILES string of the molecule is CC1(C/C=C/c2ccccc2)CC[C@]2(C)CC[C@]3(C)C(=CC(=O)[C@@H]4[C@@]5(C)CC[C@H](O)C(C)(C)[C@@H]5CC[C@]43C)[C@@H]2C1. The monoisotopic (exact) mass is 542 g/mol. The van der Waals surface area contributed by atoms with Gasteiger partial charge in [-0.3, -0.25) is 4.79 Å². The number of aliphatic hydroxyl groups is 1. The van der Waals surface area contributed by atoms with Crippen LogP contribution >= 0.6 is 0 Å². The van der Waals surface area contributed by atoms with Crippen LogP contribution in [-0.4, -0.2) is 17.0 Å². The lowest BCUT2D eigenvalue weighted by atomic mass is 9.33. The summed E-state index contributed by atoms with van der Waals surface area (Å²) < 4.78 is 0. The smallest absolute Gasteiger partial charge is 0.159 e. The normalized spacial score (nSPS) is 48.0. The third-order valence-electron chi connectivity index (χ3n) is 14.4. The minimum atomic E-state index is -0.262. The van der Waals surface area contributed by atoms with Gasteiger partial charge in [-0.25, -0.2) is 0 Å². The predicted octanol–water partition coefficient (Wildman–Crippen LogP) is 9.43. The molecule has 1 aromatic rings. The predicted molar refractivity (Wildman–Crippen MR) is 166 cm³/mol. The number of rotatable bonds is 3. The van der Waals surface area contributed by atoms with E-state index in [1.807, 2.05) is 0 Å². The number of hydrogen-bond acceptors (Lipinski definition) is 2. The van der Waals surface area contributed by atoms with Gasteiger partial charge < -0.3 is 5.11 Å². The lowest BCUT2D eigenvalue weighted by Crippen LogP contribution is -2.66. The van der Waals surface area contributed by atoms with Gasteiger partial charge in [0.05, 0.1) is 6.10 Å². The molecule has 0 spiro atoms. The van der Waals surface area contributed by atoms with Gasteiger partial charge in [-0.05, 0) is 120 Å². The summed E-state index contributed by atoms with van der Waals surface area (Å²) in [4.78, 5) is 14.5. The summed E-state index contributed by atoms with van der Waals surface area (Å²) in [5, 5.41) is 11.0. The quantitative estimate of drug-likeness (QED) is 0.413. The highest BCUT2D eigenvalue weighted by Gasteiger charge is 2.70. The maximum absolute atomic E-state index is 14.5. The van der Waals surface area contributed by atoms with E-state index < -0.39 is 0 Å². The van der Waals surface area contributed by atoms with Gasteiger partial charge in [-0.1, -0.05) is 96.5 Å². The van der Waals surface area contributed by atoms with Crippen molar-refractivity contribution >= 4 is 11.9 Å². The molecule has 9 atom stereocenters. The van der Waals surface area contributed by atoms with E-state index in [0.717, 1.165) is 32.1 Å². The second-order valence-electron chi connectivity index (χ2n) is 16.9. The Morgan fingerprint density at radius 2 is 1.57 bits per heavy atom. The lowest BCUT2D eigenvalue weighted by molar-refractivity contribution is -0.202. The first-order valence-electron chi connectivity index (χ1n) is 16.3. The molecule has 5 aliphatic carbocycles. The highest BCUT2D eigenvalue weighted by atomic mass is 16.3. The number of benzene rings is 1. The molecule has 5 aliphatic rings. The molecular formula is C38H54O2. The Hall–Kier alpha value is -1.67. The standard InChI is InChI=1S/C38H54O2/c1-33(2)30-15-19-38(7)32(36(30,5)18-16-31(33)40)29(39)24-27-28-25-34(3,17-11-14-26-12-9-8-10-13-26)20-21-35(28,4)22-23-37(27,38)6/h8-14,24,28,30-32,40H,15-23,25H2,1-7H3/b14-11+/t28-,30-,31-,32+,34?,35+,36-,37+,38+/m0/s1. The second-order valence-corrected chi connectivity index (χ2v) is 16.9. The molecule has 0 bridgehead atoms. The average Bonchev–Trinajstić information content (AvgIpc) is 2.89. The summed E-state index contributed by atoms with van der Waals surface area (Å²) >= 11 is 0. The van der Waals surface area contributed by atoms with Crippen molar-refractivity contribution in [3.63, 3.8) is 0 Å². The molecule has 0 amide bonds. The molecule has 4 saturated carbocycles. The van der Waals surface area contributed by atoms with Gasteiger partial charge in [0, 0.05) is 5.92 Å². The van der Waals surface area contributed by atoms with Crippen LogP contribution in [-0.2, 0) is 4.79 Å². The average molecular weight is 543 g/mol. The minimum Gasteiger partial charge on any atom is -0.393 e. The summed E-state index contributed by atoms with van der Waals surface area (Å²) in [6, 6.07) is 10.7. The third kappa shape index (κ3) is 3.94. The Labute approximate surface area is 244 Å². The van der Waals surface area contributed by atoms with Gasteiger partial charge >= 0.3 is 0 Å². The molecule has 1 unspecified atom stereocenters. The van der Waals surface area contributed by atoms with Crippen molar-refractivity contribution in [3.05, 3.63) is 53.6 Å². The fourth-order valence-corrected chi connectivity index (χ4v) is 11.5. The van der Waals surface area contributed by atoms with Crippen molar-refractivity contribution < 1.29 is 9.90 Å². The summed E-state index contributed by atoms with van der Waals surface area (Å²) in [6.07, 6.45) is 18.0. The summed E-state index contributed by atoms with van der Waals surface area (Å²) in [5.41, 5.74) is 3.24. The highest BCUT2D eigenvalue weighted by Crippen LogP contribution is 2.75. The van der Waals surface area contributed by atoms with E-state index in [2.05, 4.69) is 97.0 Å². The van der Waals surface area contributed by atoms with Gasteiger partial charge in [0.1, 0.15) is 0 Å². The molecule has 4 fully saturated rings. The number of carbonyl (C=O) groups is 1. The first kappa shape index (κ1) is 28.4. The molecule has 0 saturated heterocycles. The minimum absolute atomic E-state index is 0.0137. The van der Waals surface area contributed by atoms with Crippen LogP contribution in [0.4, 0.5) is 0 Å². The number of aliphatic hydroxyl groups excluding tert-OH is 1. The topological polar surface area (TPSA) is 37.3 Å². The fourth-order valence-electron chi connectivity index (χ4n) is 11.5. The largest absolute Gasteiger partial charge is 0.393 e. The molecule has 0 aliphatic heterocycles. The van der Waals surface area contributed by atoms with Crippen LogP contribution in [0.2, 0.25) is 0 Å². The number of ketones is 1. The molecule has 1 N–H and O–H groups in total. The van der Waals surface area contributed by atoms with Crippen LogP contribution in [0.5, 0.6) is 0 Å². The Balaban J connectivity index is 1.34. The first-order valence-corrected chi connectivity index (χ1v) is 16.3. The van der Waals surface area contributed by atoms with E-state index in [0.29, 0.717) is 23.0 Å². The summed E-state index contributed by atoms with van der Waals surface area (Å²) in [7, 11) is 0. The van der Waals surface area contributed by atoms with Crippen molar-refractivity contribution in [2.75, 3.05) is 0 Å². The molecule has 2 nitrogen and oxygen atoms in total. The third-order valence-corrected chi connectivity index (χ3v) is 14.4. The van der Waals surface area contributed by atoms with Crippen LogP contribution in [0.25, 0.3) is 6.08 Å². The highest BCUT2D eigenvalue weighted by molar-refractivity contribution is 5.95. The zero-order valence-corrected chi connectivity index (χ0v) is 26.4. The van der Waals surface area contributed by atoms with Gasteiger partial charge in [-0.15, -0.1) is 0 Å². The van der Waals surface area contributed by atoms with E-state index in [1.165, 1.54) is 43.2 Å². The van der Waals surface area contributed by atoms with E-state index >= 15 is 0 Å². The summed E-state index contributed by atoms with van der Waals surface area (Å²) in [5.74, 6) is 1.36. The summed E-state index contributed by atoms with van der Waals surface area (Å²) in [6.45, 7) is 17.1. The molecule has 0 heterocycles. The maximum atomic E-state index is 14.5. The number of allylic oxidation sites excluding steroid dienone is 3. The maximum Gasteiger partial charge on any atom is 0.159 e. The van der Waals surface area contributed by atoms with Gasteiger partial charge in [0.25, 0.3) is 0 Å². The molecular weight excluding hydrogens is 488 g/mol. The van der Waals surface area contributed by atoms with E-state index in [-0.39, 0.29) is 39.1 Å². The van der Waals surface area contributed by atoms with Crippen LogP contribution in [0.1, 0.15) is 118 Å². The Bertz CT molecular complexity index is 1230. The van der Waals surface area contributed by atoms with Crippen molar-refractivity contribution in [3.8, 4) is 0 Å². The van der Waals surface area contributed by atoms with E-state index in [9.17, 15) is 9.90 Å². The van der Waals surface area contributed by atoms with Crippen LogP contribution in [0.15, 0.2) is 48.1 Å². The Morgan fingerprint density at radius 1 is 0.875 bits per heavy atom. The van der Waals surface area contributed by atoms with Gasteiger partial charge in [0.2, 0.25) is 0 Å². The van der Waals surface area contributed by atoms with E-state index in [4.69, 9.17) is 0 Å². The van der Waals surface area contributed by atoms with Crippen LogP contribution < -0.4 is 0 Å². The van der Waals surface area contributed by atoms with Crippen molar-refractivity contribution in [1.29, 1.82) is 0 Å². The number of fused-ring (bicyclic) bond motifs is 7. The van der Waals surface area contributed by atoms with Crippen LogP contribution in [0.3, 0.4) is 0 Å². The Kier molecular flexibility index (Phi) is 6.52. The molecule has 218 valence electrons. The van der Waals surface area contributed by atoms with Crippen LogP contribution in [0, 0.1) is 50.2 Å². The Morgan fingerprint density at radius 3 is 2.30 bits per heavy atom. The number of hydrogen-bond donors (Lipinski definition) is 1. The molecule has 0 aromatic heterocycles. The fraction of sp³-hybridized carbons (Fsp3) is 0.711. The van der Waals surface area contributed by atoms with Crippen molar-refractivity contribution in [1.82, 2.24) is 0 Å². The molecule has 1 aromatic carbocycles. The molecule has 6 rings (SSSR count). The van der Waals surface area contributed by atoms with Gasteiger partial charge in [-0.2, -0.15) is 0 Å². The van der Waals surface area contributed by atoms with Crippen molar-refractivity contribution in [2.45, 2.75) is 119 Å². The molecule has 0 radical (unpaired) electrons. The lowest BCUT2D eigenvalue weighted by Gasteiger charge is -2.70. The van der Waals surface area contributed by atoms with Crippen molar-refractivity contribution in [2.24, 2.45) is 50.2 Å². The second kappa shape index (κ2) is 9.16.